The Kier molecular flexibility index (Phi) is 5.03. The average molecular weight is 333 g/mol. The van der Waals surface area contributed by atoms with Crippen molar-refractivity contribution in [1.29, 1.82) is 0 Å². The number of allylic oxidation sites excluding steroid dienone is 1. The largest absolute Gasteiger partial charge is 0.269 e. The van der Waals surface area contributed by atoms with Gasteiger partial charge in [-0.15, -0.1) is 0 Å². The van der Waals surface area contributed by atoms with Crippen molar-refractivity contribution < 1.29 is 13.2 Å². The highest BCUT2D eigenvalue weighted by atomic mass is 79.9. The van der Waals surface area contributed by atoms with E-state index in [-0.39, 0.29) is 4.90 Å². The summed E-state index contributed by atoms with van der Waals surface area (Å²) in [5.74, 6) is -0.628. The van der Waals surface area contributed by atoms with Crippen molar-refractivity contribution in [2.75, 3.05) is 0 Å². The number of hydrogen-bond acceptors (Lipinski definition) is 4. The average Bonchev–Trinajstić information content (AvgIpc) is 2.28. The summed E-state index contributed by atoms with van der Waals surface area (Å²) in [5.41, 5.74) is 0.365. The molecule has 0 saturated carbocycles. The molecule has 0 unspecified atom stereocenters. The van der Waals surface area contributed by atoms with E-state index in [0.29, 0.717) is 16.5 Å². The van der Waals surface area contributed by atoms with Gasteiger partial charge < -0.3 is 0 Å². The molecule has 0 aliphatic carbocycles. The highest BCUT2D eigenvalue weighted by molar-refractivity contribution is 9.10. The van der Waals surface area contributed by atoms with Gasteiger partial charge in [0.1, 0.15) is 4.90 Å². The molecule has 0 atom stereocenters. The third-order valence-corrected chi connectivity index (χ3v) is 3.82. The van der Waals surface area contributed by atoms with Crippen molar-refractivity contribution in [3.8, 4) is 0 Å². The van der Waals surface area contributed by atoms with Gasteiger partial charge in [0.05, 0.1) is 0 Å². The zero-order valence-corrected chi connectivity index (χ0v) is 12.4. The van der Waals surface area contributed by atoms with Gasteiger partial charge in [-0.05, 0) is 35.3 Å². The summed E-state index contributed by atoms with van der Waals surface area (Å²) in [5, 5.41) is 0. The second kappa shape index (κ2) is 6.10. The summed E-state index contributed by atoms with van der Waals surface area (Å²) in [4.78, 5) is 15.3. The summed E-state index contributed by atoms with van der Waals surface area (Å²) < 4.78 is 26.3. The first kappa shape index (κ1) is 14.8. The molecule has 0 aliphatic rings. The van der Waals surface area contributed by atoms with Crippen LogP contribution in [-0.4, -0.2) is 19.3 Å². The van der Waals surface area contributed by atoms with E-state index in [2.05, 4.69) is 20.9 Å². The Bertz CT molecular complexity index is 582. The lowest BCUT2D eigenvalue weighted by Crippen LogP contribution is -2.31. The Balaban J connectivity index is 2.96. The number of halogens is 1. The van der Waals surface area contributed by atoms with E-state index in [4.69, 9.17) is 0 Å². The molecule has 1 amide bonds. The molecule has 0 saturated heterocycles. The van der Waals surface area contributed by atoms with Crippen LogP contribution in [0.15, 0.2) is 39.5 Å². The molecular weight excluding hydrogens is 320 g/mol. The first-order valence-electron chi connectivity index (χ1n) is 5.21. The van der Waals surface area contributed by atoms with Gasteiger partial charge in [0, 0.05) is 22.4 Å². The van der Waals surface area contributed by atoms with Gasteiger partial charge >= 0.3 is 0 Å². The van der Waals surface area contributed by atoms with E-state index in [0.717, 1.165) is 0 Å². The fourth-order valence-corrected chi connectivity index (χ4v) is 2.72. The number of rotatable bonds is 4. The van der Waals surface area contributed by atoms with Crippen molar-refractivity contribution in [2.24, 2.45) is 0 Å². The van der Waals surface area contributed by atoms with Gasteiger partial charge in [-0.1, -0.05) is 13.0 Å². The van der Waals surface area contributed by atoms with Crippen LogP contribution in [0.4, 0.5) is 0 Å². The van der Waals surface area contributed by atoms with E-state index in [1.165, 1.54) is 18.5 Å². The molecule has 0 bridgehead atoms. The molecule has 0 radical (unpaired) electrons. The van der Waals surface area contributed by atoms with Gasteiger partial charge in [0.2, 0.25) is 0 Å². The molecule has 1 rings (SSSR count). The van der Waals surface area contributed by atoms with E-state index >= 15 is 0 Å². The summed E-state index contributed by atoms with van der Waals surface area (Å²) in [6, 6.07) is 1.38. The van der Waals surface area contributed by atoms with Crippen LogP contribution in [0.3, 0.4) is 0 Å². The molecule has 98 valence electrons. The number of nitrogens with one attached hydrogen (secondary N) is 1. The fraction of sp³-hybridized carbons (Fsp3) is 0.273. The van der Waals surface area contributed by atoms with Crippen LogP contribution >= 0.6 is 15.9 Å². The van der Waals surface area contributed by atoms with Crippen LogP contribution in [0.25, 0.3) is 0 Å². The number of aromatic nitrogens is 1. The number of sulfonamides is 1. The maximum absolute atomic E-state index is 11.9. The number of amides is 1. The third-order valence-electron chi connectivity index (χ3n) is 2.09. The van der Waals surface area contributed by atoms with Crippen molar-refractivity contribution in [3.05, 3.63) is 34.6 Å². The lowest BCUT2D eigenvalue weighted by atomic mass is 10.2. The van der Waals surface area contributed by atoms with Crippen LogP contribution in [0.1, 0.15) is 20.3 Å². The molecule has 0 aromatic carbocycles. The number of carbonyl (C=O) groups is 1. The van der Waals surface area contributed by atoms with Crippen molar-refractivity contribution in [1.82, 2.24) is 9.71 Å². The van der Waals surface area contributed by atoms with Crippen LogP contribution < -0.4 is 4.72 Å². The SMILES string of the molecule is CC/C=C(/C)C(=O)NS(=O)(=O)c1cncc(Br)c1. The number of nitrogens with zero attached hydrogens (tertiary/aromatic N) is 1. The van der Waals surface area contributed by atoms with Gasteiger partial charge in [-0.2, -0.15) is 0 Å². The van der Waals surface area contributed by atoms with Gasteiger partial charge in [-0.3, -0.25) is 9.78 Å². The minimum absolute atomic E-state index is 0.0606. The minimum Gasteiger partial charge on any atom is -0.269 e. The smallest absolute Gasteiger partial charge is 0.265 e. The maximum Gasteiger partial charge on any atom is 0.265 e. The highest BCUT2D eigenvalue weighted by Gasteiger charge is 2.18. The van der Waals surface area contributed by atoms with Crippen molar-refractivity contribution >= 4 is 31.9 Å². The first-order valence-corrected chi connectivity index (χ1v) is 7.49. The molecule has 1 aromatic rings. The summed E-state index contributed by atoms with van der Waals surface area (Å²) in [6.07, 6.45) is 4.96. The zero-order valence-electron chi connectivity index (χ0n) is 9.97. The molecule has 18 heavy (non-hydrogen) atoms. The third kappa shape index (κ3) is 3.92. The predicted molar refractivity (Wildman–Crippen MR) is 71.3 cm³/mol. The number of hydrogen-bond donors (Lipinski definition) is 1. The fourth-order valence-electron chi connectivity index (χ4n) is 1.20. The molecule has 5 nitrogen and oxygen atoms in total. The quantitative estimate of drug-likeness (QED) is 0.855. The molecule has 0 fully saturated rings. The van der Waals surface area contributed by atoms with E-state index in [1.54, 1.807) is 13.0 Å². The monoisotopic (exact) mass is 332 g/mol. The van der Waals surface area contributed by atoms with E-state index < -0.39 is 15.9 Å². The molecule has 7 heteroatoms. The Hall–Kier alpha value is -1.21. The Morgan fingerprint density at radius 3 is 2.72 bits per heavy atom. The summed E-state index contributed by atoms with van der Waals surface area (Å²) >= 11 is 3.12. The Labute approximate surface area is 114 Å². The van der Waals surface area contributed by atoms with E-state index in [1.807, 2.05) is 11.6 Å². The second-order valence-corrected chi connectivity index (χ2v) is 6.17. The first-order chi connectivity index (χ1) is 8.36. The normalized spacial score (nSPS) is 12.3. The maximum atomic E-state index is 11.9. The highest BCUT2D eigenvalue weighted by Crippen LogP contribution is 2.14. The van der Waals surface area contributed by atoms with Crippen LogP contribution in [-0.2, 0) is 14.8 Å². The van der Waals surface area contributed by atoms with Gasteiger partial charge in [0.15, 0.2) is 0 Å². The molecule has 1 heterocycles. The predicted octanol–water partition coefficient (Wildman–Crippen LogP) is 2.01. The lowest BCUT2D eigenvalue weighted by molar-refractivity contribution is -0.115. The molecular formula is C11H13BrN2O3S. The standard InChI is InChI=1S/C11H13BrN2O3S/c1-3-4-8(2)11(15)14-18(16,17)10-5-9(12)6-13-7-10/h4-7H,3H2,1-2H3,(H,14,15)/b8-4-. The second-order valence-electron chi connectivity index (χ2n) is 3.57. The topological polar surface area (TPSA) is 76.1 Å². The molecule has 1 N–H and O–H groups in total. The zero-order chi connectivity index (χ0) is 13.8. The van der Waals surface area contributed by atoms with Crippen molar-refractivity contribution in [2.45, 2.75) is 25.2 Å². The summed E-state index contributed by atoms with van der Waals surface area (Å²) in [6.45, 7) is 3.43. The van der Waals surface area contributed by atoms with Crippen LogP contribution in [0.5, 0.6) is 0 Å². The molecule has 1 aromatic heterocycles. The molecule has 0 spiro atoms. The van der Waals surface area contributed by atoms with Crippen LogP contribution in [0.2, 0.25) is 0 Å². The van der Waals surface area contributed by atoms with E-state index in [9.17, 15) is 13.2 Å². The van der Waals surface area contributed by atoms with Crippen molar-refractivity contribution in [3.63, 3.8) is 0 Å². The van der Waals surface area contributed by atoms with Gasteiger partial charge in [0.25, 0.3) is 15.9 Å². The van der Waals surface area contributed by atoms with Gasteiger partial charge in [-0.25, -0.2) is 13.1 Å². The number of pyridine rings is 1. The minimum atomic E-state index is -3.88. The summed E-state index contributed by atoms with van der Waals surface area (Å²) in [7, 11) is -3.88. The van der Waals surface area contributed by atoms with Crippen LogP contribution in [0, 0.1) is 0 Å². The Morgan fingerprint density at radius 1 is 1.50 bits per heavy atom. The lowest BCUT2D eigenvalue weighted by Gasteiger charge is -2.06. The number of carbonyl (C=O) groups excluding carboxylic acids is 1. The Morgan fingerprint density at radius 2 is 2.17 bits per heavy atom. The molecule has 0 aliphatic heterocycles.